The molecule has 2 heterocycles. The van der Waals surface area contributed by atoms with Gasteiger partial charge >= 0.3 is 0 Å². The van der Waals surface area contributed by atoms with Crippen LogP contribution in [0.1, 0.15) is 41.3 Å². The number of aromatic nitrogens is 2. The van der Waals surface area contributed by atoms with E-state index in [4.69, 9.17) is 0 Å². The number of rotatable bonds is 6. The van der Waals surface area contributed by atoms with Gasteiger partial charge < -0.3 is 5.32 Å². The molecule has 152 valence electrons. The Labute approximate surface area is 175 Å². The summed E-state index contributed by atoms with van der Waals surface area (Å²) in [5.74, 6) is -0.0478. The maximum atomic E-state index is 13.8. The van der Waals surface area contributed by atoms with Crippen LogP contribution in [0.5, 0.6) is 0 Å². The van der Waals surface area contributed by atoms with Crippen molar-refractivity contribution in [3.8, 4) is 11.3 Å². The molecule has 0 bridgehead atoms. The Morgan fingerprint density at radius 1 is 1.10 bits per heavy atom. The number of halogens is 1. The Morgan fingerprint density at radius 2 is 1.90 bits per heavy atom. The lowest BCUT2D eigenvalue weighted by molar-refractivity contribution is 0.102. The molecule has 0 aliphatic heterocycles. The highest BCUT2D eigenvalue weighted by Gasteiger charge is 2.18. The van der Waals surface area contributed by atoms with Crippen LogP contribution >= 0.6 is 0 Å². The number of anilines is 1. The summed E-state index contributed by atoms with van der Waals surface area (Å²) < 4.78 is 15.7. The maximum absolute atomic E-state index is 13.8. The summed E-state index contributed by atoms with van der Waals surface area (Å²) in [6.45, 7) is 4.14. The van der Waals surface area contributed by atoms with E-state index >= 15 is 0 Å². The van der Waals surface area contributed by atoms with Crippen LogP contribution in [-0.2, 0) is 6.42 Å². The largest absolute Gasteiger partial charge is 0.306 e. The first-order chi connectivity index (χ1) is 14.5. The third-order valence-electron chi connectivity index (χ3n) is 5.15. The van der Waals surface area contributed by atoms with Gasteiger partial charge in [-0.05, 0) is 67.3 Å². The second kappa shape index (κ2) is 8.49. The first-order valence-corrected chi connectivity index (χ1v) is 10.2. The number of carbonyl (C=O) groups excluding carboxylic acids is 1. The monoisotopic (exact) mass is 401 g/mol. The van der Waals surface area contributed by atoms with Crippen molar-refractivity contribution >= 4 is 17.4 Å². The molecule has 0 saturated heterocycles. The fourth-order valence-corrected chi connectivity index (χ4v) is 3.49. The fraction of sp³-hybridized carbons (Fsp3) is 0.200. The molecule has 0 radical (unpaired) electrons. The van der Waals surface area contributed by atoms with Crippen LogP contribution < -0.4 is 5.32 Å². The third kappa shape index (κ3) is 4.10. The van der Waals surface area contributed by atoms with Crippen molar-refractivity contribution in [3.05, 3.63) is 89.4 Å². The highest BCUT2D eigenvalue weighted by Crippen LogP contribution is 2.30. The molecule has 0 unspecified atom stereocenters. The molecule has 4 nitrogen and oxygen atoms in total. The van der Waals surface area contributed by atoms with E-state index in [0.717, 1.165) is 24.8 Å². The zero-order chi connectivity index (χ0) is 21.1. The lowest BCUT2D eigenvalue weighted by Crippen LogP contribution is -2.14. The van der Waals surface area contributed by atoms with E-state index in [9.17, 15) is 9.18 Å². The molecule has 30 heavy (non-hydrogen) atoms. The zero-order valence-electron chi connectivity index (χ0n) is 17.2. The Kier molecular flexibility index (Phi) is 5.61. The van der Waals surface area contributed by atoms with Crippen LogP contribution in [0, 0.1) is 12.7 Å². The molecule has 0 fully saturated rings. The van der Waals surface area contributed by atoms with Gasteiger partial charge in [0.2, 0.25) is 0 Å². The zero-order valence-corrected chi connectivity index (χ0v) is 17.2. The summed E-state index contributed by atoms with van der Waals surface area (Å²) in [5, 5.41) is 2.99. The number of unbranched alkanes of at least 4 members (excludes halogenated alkanes) is 1. The number of carbonyl (C=O) groups is 1. The number of benzene rings is 2. The molecule has 0 saturated carbocycles. The molecular formula is C25H24FN3O. The lowest BCUT2D eigenvalue weighted by Gasteiger charge is -2.09. The number of amides is 1. The van der Waals surface area contributed by atoms with E-state index < -0.39 is 0 Å². The van der Waals surface area contributed by atoms with Crippen molar-refractivity contribution in [1.82, 2.24) is 9.38 Å². The Bertz CT molecular complexity index is 1190. The number of nitrogens with zero attached hydrogens (tertiary/aromatic N) is 2. The van der Waals surface area contributed by atoms with Crippen molar-refractivity contribution in [2.45, 2.75) is 33.1 Å². The van der Waals surface area contributed by atoms with Gasteiger partial charge in [-0.1, -0.05) is 37.6 Å². The van der Waals surface area contributed by atoms with Gasteiger partial charge in [0.15, 0.2) is 0 Å². The lowest BCUT2D eigenvalue weighted by atomic mass is 10.1. The molecule has 4 rings (SSSR count). The van der Waals surface area contributed by atoms with Crippen LogP contribution in [0.2, 0.25) is 0 Å². The van der Waals surface area contributed by atoms with Gasteiger partial charge in [0.25, 0.3) is 5.91 Å². The van der Waals surface area contributed by atoms with Gasteiger partial charge in [0.05, 0.1) is 0 Å². The Hall–Kier alpha value is -3.47. The number of pyridine rings is 1. The molecule has 2 aromatic carbocycles. The van der Waals surface area contributed by atoms with E-state index in [2.05, 4.69) is 17.2 Å². The average Bonchev–Trinajstić information content (AvgIpc) is 3.10. The summed E-state index contributed by atoms with van der Waals surface area (Å²) in [6, 6.07) is 17.8. The normalized spacial score (nSPS) is 11.0. The van der Waals surface area contributed by atoms with Crippen LogP contribution in [-0.4, -0.2) is 15.3 Å². The summed E-state index contributed by atoms with van der Waals surface area (Å²) in [5.41, 5.74) is 4.69. The van der Waals surface area contributed by atoms with E-state index in [-0.39, 0.29) is 11.7 Å². The summed E-state index contributed by atoms with van der Waals surface area (Å²) in [7, 11) is 0. The van der Waals surface area contributed by atoms with E-state index in [1.807, 2.05) is 53.9 Å². The fourth-order valence-electron chi connectivity index (χ4n) is 3.49. The van der Waals surface area contributed by atoms with Crippen molar-refractivity contribution in [1.29, 1.82) is 0 Å². The maximum Gasteiger partial charge on any atom is 0.256 e. The molecular weight excluding hydrogens is 377 g/mol. The highest BCUT2D eigenvalue weighted by atomic mass is 19.1. The molecule has 5 heteroatoms. The van der Waals surface area contributed by atoms with Gasteiger partial charge in [-0.3, -0.25) is 9.20 Å². The van der Waals surface area contributed by atoms with Crippen molar-refractivity contribution in [3.63, 3.8) is 0 Å². The van der Waals surface area contributed by atoms with Crippen molar-refractivity contribution in [2.24, 2.45) is 0 Å². The highest BCUT2D eigenvalue weighted by molar-refractivity contribution is 6.05. The predicted molar refractivity (Wildman–Crippen MR) is 118 cm³/mol. The average molecular weight is 401 g/mol. The minimum atomic E-state index is -0.347. The van der Waals surface area contributed by atoms with Gasteiger partial charge in [0, 0.05) is 17.3 Å². The number of fused-ring (bicyclic) bond motifs is 1. The summed E-state index contributed by atoms with van der Waals surface area (Å²) in [4.78, 5) is 17.6. The SMILES string of the molecule is CCCCc1ccc(C(=O)Nc2c(-c3cccc(F)c3)nc3cc(C)ccn23)cc1. The molecule has 1 N–H and O–H groups in total. The third-order valence-corrected chi connectivity index (χ3v) is 5.15. The molecule has 4 aromatic rings. The molecule has 1 amide bonds. The van der Waals surface area contributed by atoms with Gasteiger partial charge in [0.1, 0.15) is 23.0 Å². The number of aryl methyl sites for hydroxylation is 2. The topological polar surface area (TPSA) is 46.4 Å². The van der Waals surface area contributed by atoms with Gasteiger partial charge in [-0.2, -0.15) is 0 Å². The number of hydrogen-bond donors (Lipinski definition) is 1. The number of nitrogens with one attached hydrogen (secondary N) is 1. The van der Waals surface area contributed by atoms with Crippen LogP contribution in [0.3, 0.4) is 0 Å². The first kappa shape index (κ1) is 19.8. The Balaban J connectivity index is 1.70. The van der Waals surface area contributed by atoms with Crippen molar-refractivity contribution in [2.75, 3.05) is 5.32 Å². The van der Waals surface area contributed by atoms with Gasteiger partial charge in [-0.25, -0.2) is 9.37 Å². The van der Waals surface area contributed by atoms with Gasteiger partial charge in [-0.15, -0.1) is 0 Å². The van der Waals surface area contributed by atoms with E-state index in [1.165, 1.54) is 17.7 Å². The van der Waals surface area contributed by atoms with Crippen LogP contribution in [0.15, 0.2) is 66.9 Å². The molecule has 0 spiro atoms. The molecule has 0 aliphatic rings. The second-order valence-electron chi connectivity index (χ2n) is 7.51. The van der Waals surface area contributed by atoms with E-state index in [0.29, 0.717) is 28.3 Å². The van der Waals surface area contributed by atoms with E-state index in [1.54, 1.807) is 12.1 Å². The van der Waals surface area contributed by atoms with Crippen LogP contribution in [0.4, 0.5) is 10.2 Å². The number of imidazole rings is 1. The quantitative estimate of drug-likeness (QED) is 0.428. The summed E-state index contributed by atoms with van der Waals surface area (Å²) >= 11 is 0. The minimum absolute atomic E-state index is 0.225. The van der Waals surface area contributed by atoms with Crippen LogP contribution in [0.25, 0.3) is 16.9 Å². The molecule has 0 atom stereocenters. The Morgan fingerprint density at radius 3 is 2.63 bits per heavy atom. The van der Waals surface area contributed by atoms with Crippen molar-refractivity contribution < 1.29 is 9.18 Å². The summed E-state index contributed by atoms with van der Waals surface area (Å²) in [6.07, 6.45) is 5.14. The molecule has 0 aliphatic carbocycles. The minimum Gasteiger partial charge on any atom is -0.306 e. The predicted octanol–water partition coefficient (Wildman–Crippen LogP) is 6.04. The number of hydrogen-bond acceptors (Lipinski definition) is 2. The standard InChI is InChI=1S/C25H24FN3O/c1-3-4-6-18-9-11-19(12-10-18)25(30)28-24-23(20-7-5-8-21(26)16-20)27-22-15-17(2)13-14-29(22)24/h5,7-16H,3-4,6H2,1-2H3,(H,28,30). The second-order valence-corrected chi connectivity index (χ2v) is 7.51. The first-order valence-electron chi connectivity index (χ1n) is 10.2. The smallest absolute Gasteiger partial charge is 0.256 e. The molecule has 2 aromatic heterocycles.